The van der Waals surface area contributed by atoms with Gasteiger partial charge < -0.3 is 13.9 Å². The second-order valence-electron chi connectivity index (χ2n) is 4.16. The van der Waals surface area contributed by atoms with Crippen molar-refractivity contribution >= 4 is 33.6 Å². The van der Waals surface area contributed by atoms with Crippen LogP contribution in [0, 0.1) is 0 Å². The molecule has 1 aromatic heterocycles. The summed E-state index contributed by atoms with van der Waals surface area (Å²) in [5.74, 6) is -0.624. The Morgan fingerprint density at radius 1 is 1.43 bits per heavy atom. The quantitative estimate of drug-likeness (QED) is 0.787. The lowest BCUT2D eigenvalue weighted by Crippen LogP contribution is -2.14. The Labute approximate surface area is 137 Å². The molecular weight excluding hydrogens is 348 g/mol. The molecule has 0 saturated carbocycles. The number of oxazole rings is 1. The zero-order valence-corrected chi connectivity index (χ0v) is 13.8. The van der Waals surface area contributed by atoms with E-state index in [9.17, 15) is 13.2 Å². The lowest BCUT2D eigenvalue weighted by Gasteiger charge is -2.09. The van der Waals surface area contributed by atoms with Crippen LogP contribution in [-0.2, 0) is 14.8 Å². The minimum absolute atomic E-state index is 0.0964. The van der Waals surface area contributed by atoms with E-state index in [0.717, 1.165) is 6.26 Å². The molecule has 1 aromatic carbocycles. The maximum atomic E-state index is 12.4. The van der Waals surface area contributed by atoms with Gasteiger partial charge in [-0.3, -0.25) is 0 Å². The fraction of sp³-hybridized carbons (Fsp3) is 0.231. The number of anilines is 1. The van der Waals surface area contributed by atoms with Gasteiger partial charge in [-0.25, -0.2) is 17.9 Å². The first kappa shape index (κ1) is 17.1. The van der Waals surface area contributed by atoms with E-state index in [2.05, 4.69) is 9.71 Å². The SMILES string of the molecule is CCOC(=O)c1coc(NS(=O)(=O)c2cc(Cl)ccc2OC)n1. The van der Waals surface area contributed by atoms with Crippen molar-refractivity contribution in [3.63, 3.8) is 0 Å². The van der Waals surface area contributed by atoms with Crippen molar-refractivity contribution in [1.82, 2.24) is 4.98 Å². The van der Waals surface area contributed by atoms with E-state index in [1.807, 2.05) is 0 Å². The number of sulfonamides is 1. The summed E-state index contributed by atoms with van der Waals surface area (Å²) in [6.07, 6.45) is 0.991. The number of esters is 1. The Kier molecular flexibility index (Phi) is 5.12. The summed E-state index contributed by atoms with van der Waals surface area (Å²) in [5, 5.41) is 0.214. The second-order valence-corrected chi connectivity index (χ2v) is 6.25. The maximum absolute atomic E-state index is 12.4. The minimum Gasteiger partial charge on any atom is -0.495 e. The van der Waals surface area contributed by atoms with Crippen molar-refractivity contribution < 1.29 is 27.1 Å². The van der Waals surface area contributed by atoms with Gasteiger partial charge in [-0.05, 0) is 25.1 Å². The monoisotopic (exact) mass is 360 g/mol. The smallest absolute Gasteiger partial charge is 0.360 e. The summed E-state index contributed by atoms with van der Waals surface area (Å²) in [7, 11) is -2.75. The molecule has 0 unspecified atom stereocenters. The average Bonchev–Trinajstić information content (AvgIpc) is 2.95. The number of rotatable bonds is 6. The molecule has 0 radical (unpaired) electrons. The van der Waals surface area contributed by atoms with Crippen LogP contribution < -0.4 is 9.46 Å². The van der Waals surface area contributed by atoms with Gasteiger partial charge in [-0.1, -0.05) is 11.6 Å². The molecule has 124 valence electrons. The summed E-state index contributed by atoms with van der Waals surface area (Å²) in [4.78, 5) is 15.0. The van der Waals surface area contributed by atoms with Crippen LogP contribution in [0.4, 0.5) is 6.01 Å². The van der Waals surface area contributed by atoms with E-state index in [1.54, 1.807) is 6.92 Å². The highest BCUT2D eigenvalue weighted by atomic mass is 35.5. The molecule has 0 aliphatic rings. The zero-order valence-electron chi connectivity index (χ0n) is 12.2. The average molecular weight is 361 g/mol. The molecule has 1 heterocycles. The number of halogens is 1. The molecule has 2 aromatic rings. The maximum Gasteiger partial charge on any atom is 0.360 e. The lowest BCUT2D eigenvalue weighted by atomic mass is 10.3. The Bertz CT molecular complexity index is 818. The molecule has 0 bridgehead atoms. The molecule has 0 aliphatic heterocycles. The highest BCUT2D eigenvalue weighted by Gasteiger charge is 2.23. The van der Waals surface area contributed by atoms with Crippen LogP contribution in [0.15, 0.2) is 33.8 Å². The van der Waals surface area contributed by atoms with Gasteiger partial charge in [0.05, 0.1) is 13.7 Å². The molecule has 2 rings (SSSR count). The van der Waals surface area contributed by atoms with Crippen LogP contribution in [0.2, 0.25) is 5.02 Å². The summed E-state index contributed by atoms with van der Waals surface area (Å²) in [6.45, 7) is 1.79. The third-order valence-electron chi connectivity index (χ3n) is 2.63. The molecule has 0 fully saturated rings. The number of ether oxygens (including phenoxy) is 2. The number of nitrogens with one attached hydrogen (secondary N) is 1. The zero-order chi connectivity index (χ0) is 17.0. The predicted molar refractivity (Wildman–Crippen MR) is 81.3 cm³/mol. The molecule has 8 nitrogen and oxygen atoms in total. The fourth-order valence-electron chi connectivity index (χ4n) is 1.65. The van der Waals surface area contributed by atoms with Crippen molar-refractivity contribution in [2.75, 3.05) is 18.4 Å². The van der Waals surface area contributed by atoms with E-state index in [4.69, 9.17) is 25.5 Å². The van der Waals surface area contributed by atoms with Crippen LogP contribution in [0.25, 0.3) is 0 Å². The number of carbonyl (C=O) groups is 1. The van der Waals surface area contributed by atoms with Gasteiger partial charge in [0.15, 0.2) is 5.69 Å². The molecule has 23 heavy (non-hydrogen) atoms. The van der Waals surface area contributed by atoms with Crippen LogP contribution in [-0.4, -0.2) is 33.1 Å². The Morgan fingerprint density at radius 2 is 2.17 bits per heavy atom. The van der Waals surface area contributed by atoms with Crippen molar-refractivity contribution in [2.45, 2.75) is 11.8 Å². The van der Waals surface area contributed by atoms with Crippen LogP contribution in [0.1, 0.15) is 17.4 Å². The summed E-state index contributed by atoms with van der Waals surface area (Å²) < 4.78 is 41.5. The largest absolute Gasteiger partial charge is 0.495 e. The standard InChI is InChI=1S/C13H13ClN2O6S/c1-3-21-12(17)9-7-22-13(15-9)16-23(18,19)11-6-8(14)4-5-10(11)20-2/h4-7H,3H2,1-2H3,(H,15,16). The van der Waals surface area contributed by atoms with Gasteiger partial charge in [-0.2, -0.15) is 4.98 Å². The van der Waals surface area contributed by atoms with E-state index in [0.29, 0.717) is 0 Å². The Balaban J connectivity index is 2.29. The molecule has 1 N–H and O–H groups in total. The first-order valence-electron chi connectivity index (χ1n) is 6.36. The number of nitrogens with zero attached hydrogens (tertiary/aromatic N) is 1. The summed E-state index contributed by atoms with van der Waals surface area (Å²) in [5.41, 5.74) is -0.150. The van der Waals surface area contributed by atoms with Crippen molar-refractivity contribution in [2.24, 2.45) is 0 Å². The first-order chi connectivity index (χ1) is 10.9. The molecule has 0 aliphatic carbocycles. The normalized spacial score (nSPS) is 11.1. The van der Waals surface area contributed by atoms with Crippen LogP contribution >= 0.6 is 11.6 Å². The second kappa shape index (κ2) is 6.88. The van der Waals surface area contributed by atoms with Crippen molar-refractivity contribution in [3.05, 3.63) is 35.2 Å². The molecule has 0 atom stereocenters. The minimum atomic E-state index is -4.07. The Hall–Kier alpha value is -2.26. The highest BCUT2D eigenvalue weighted by Crippen LogP contribution is 2.28. The summed E-state index contributed by atoms with van der Waals surface area (Å²) >= 11 is 5.82. The number of methoxy groups -OCH3 is 1. The number of benzene rings is 1. The van der Waals surface area contributed by atoms with E-state index >= 15 is 0 Å². The van der Waals surface area contributed by atoms with Gasteiger partial charge in [0.25, 0.3) is 10.0 Å². The highest BCUT2D eigenvalue weighted by molar-refractivity contribution is 7.92. The lowest BCUT2D eigenvalue weighted by molar-refractivity contribution is 0.0519. The van der Waals surface area contributed by atoms with Crippen molar-refractivity contribution in [1.29, 1.82) is 0 Å². The molecule has 0 spiro atoms. The third-order valence-corrected chi connectivity index (χ3v) is 4.20. The number of carbonyl (C=O) groups excluding carboxylic acids is 1. The van der Waals surface area contributed by atoms with Gasteiger partial charge in [-0.15, -0.1) is 0 Å². The number of hydrogen-bond acceptors (Lipinski definition) is 7. The first-order valence-corrected chi connectivity index (χ1v) is 8.22. The topological polar surface area (TPSA) is 108 Å². The molecule has 0 amide bonds. The predicted octanol–water partition coefficient (Wildman–Crippen LogP) is 2.31. The van der Waals surface area contributed by atoms with E-state index in [-0.39, 0.29) is 34.0 Å². The molecule has 0 saturated heterocycles. The number of aromatic nitrogens is 1. The third kappa shape index (κ3) is 3.93. The van der Waals surface area contributed by atoms with Crippen LogP contribution in [0.5, 0.6) is 5.75 Å². The van der Waals surface area contributed by atoms with Gasteiger partial charge in [0.2, 0.25) is 0 Å². The van der Waals surface area contributed by atoms with E-state index < -0.39 is 16.0 Å². The molecule has 10 heteroatoms. The Morgan fingerprint density at radius 3 is 2.83 bits per heavy atom. The van der Waals surface area contributed by atoms with E-state index in [1.165, 1.54) is 25.3 Å². The van der Waals surface area contributed by atoms with Crippen molar-refractivity contribution in [3.8, 4) is 5.75 Å². The van der Waals surface area contributed by atoms with Gasteiger partial charge in [0.1, 0.15) is 16.9 Å². The van der Waals surface area contributed by atoms with Gasteiger partial charge in [0, 0.05) is 5.02 Å². The molecular formula is C13H13ClN2O6S. The van der Waals surface area contributed by atoms with Gasteiger partial charge >= 0.3 is 12.0 Å². The number of hydrogen-bond donors (Lipinski definition) is 1. The fourth-order valence-corrected chi connectivity index (χ4v) is 3.02. The summed E-state index contributed by atoms with van der Waals surface area (Å²) in [6, 6.07) is 3.74. The van der Waals surface area contributed by atoms with Crippen LogP contribution in [0.3, 0.4) is 0 Å².